The van der Waals surface area contributed by atoms with Crippen LogP contribution in [0.5, 0.6) is 0 Å². The lowest BCUT2D eigenvalue weighted by Gasteiger charge is -2.53. The van der Waals surface area contributed by atoms with Gasteiger partial charge in [0.2, 0.25) is 0 Å². The largest absolute Gasteiger partial charge is 0.501 e. The maximum atomic E-state index is 5.57. The number of nitrogens with zero attached hydrogens (tertiary/aromatic N) is 2. The van der Waals surface area contributed by atoms with Crippen LogP contribution in [0, 0.1) is 23.2 Å². The van der Waals surface area contributed by atoms with Crippen LogP contribution < -0.4 is 0 Å². The third-order valence-electron chi connectivity index (χ3n) is 8.92. The molecule has 4 aliphatic carbocycles. The number of rotatable bonds is 6. The Labute approximate surface area is 173 Å². The fourth-order valence-electron chi connectivity index (χ4n) is 7.53. The van der Waals surface area contributed by atoms with Crippen LogP contribution in [-0.4, -0.2) is 57.2 Å². The van der Waals surface area contributed by atoms with E-state index in [2.05, 4.69) is 43.9 Å². The quantitative estimate of drug-likeness (QED) is 0.591. The van der Waals surface area contributed by atoms with Crippen molar-refractivity contribution in [2.75, 3.05) is 41.3 Å². The van der Waals surface area contributed by atoms with Crippen LogP contribution in [-0.2, 0) is 4.74 Å². The molecule has 0 spiro atoms. The van der Waals surface area contributed by atoms with Crippen LogP contribution >= 0.6 is 0 Å². The summed E-state index contributed by atoms with van der Waals surface area (Å²) in [5, 5.41) is 0. The summed E-state index contributed by atoms with van der Waals surface area (Å²) in [4.78, 5) is 5.05. The second kappa shape index (κ2) is 8.14. The number of allylic oxidation sites excluding steroid dienone is 3. The van der Waals surface area contributed by atoms with E-state index in [0.29, 0.717) is 5.41 Å². The minimum absolute atomic E-state index is 0.536. The molecular formula is C25H42N2O. The Morgan fingerprint density at radius 3 is 2.68 bits per heavy atom. The predicted octanol–water partition coefficient (Wildman–Crippen LogP) is 5.10. The zero-order chi connectivity index (χ0) is 19.9. The van der Waals surface area contributed by atoms with E-state index in [0.717, 1.165) is 36.6 Å². The Morgan fingerprint density at radius 1 is 1.11 bits per heavy atom. The highest BCUT2D eigenvalue weighted by molar-refractivity contribution is 5.32. The van der Waals surface area contributed by atoms with Crippen molar-refractivity contribution in [3.63, 3.8) is 0 Å². The molecule has 0 aromatic carbocycles. The van der Waals surface area contributed by atoms with Gasteiger partial charge in [0.1, 0.15) is 0 Å². The molecule has 0 aromatic heterocycles. The molecule has 5 atom stereocenters. The van der Waals surface area contributed by atoms with Gasteiger partial charge in [-0.15, -0.1) is 0 Å². The van der Waals surface area contributed by atoms with Crippen LogP contribution in [0.15, 0.2) is 23.0 Å². The summed E-state index contributed by atoms with van der Waals surface area (Å²) in [6.07, 6.45) is 14.4. The minimum atomic E-state index is 0.536. The van der Waals surface area contributed by atoms with Gasteiger partial charge in [-0.3, -0.25) is 0 Å². The van der Waals surface area contributed by atoms with Gasteiger partial charge in [-0.2, -0.15) is 0 Å². The van der Waals surface area contributed by atoms with Gasteiger partial charge in [-0.05, 0) is 115 Å². The fraction of sp³-hybridized carbons (Fsp3) is 0.840. The average Bonchev–Trinajstić information content (AvgIpc) is 3.04. The summed E-state index contributed by atoms with van der Waals surface area (Å²) in [6, 6.07) is 0.794. The third-order valence-corrected chi connectivity index (χ3v) is 8.92. The minimum Gasteiger partial charge on any atom is -0.501 e. The van der Waals surface area contributed by atoms with Crippen molar-refractivity contribution in [1.29, 1.82) is 0 Å². The van der Waals surface area contributed by atoms with Gasteiger partial charge in [0, 0.05) is 12.5 Å². The summed E-state index contributed by atoms with van der Waals surface area (Å²) in [7, 11) is 8.62. The van der Waals surface area contributed by atoms with Gasteiger partial charge < -0.3 is 14.5 Å². The summed E-state index contributed by atoms with van der Waals surface area (Å²) in [5.41, 5.74) is 4.09. The number of ether oxygens (including phenoxy) is 1. The highest BCUT2D eigenvalue weighted by Gasteiger charge is 2.55. The molecule has 0 aromatic rings. The van der Waals surface area contributed by atoms with Crippen molar-refractivity contribution in [3.8, 4) is 0 Å². The van der Waals surface area contributed by atoms with Crippen molar-refractivity contribution in [2.45, 2.75) is 70.8 Å². The molecule has 28 heavy (non-hydrogen) atoms. The van der Waals surface area contributed by atoms with Crippen molar-refractivity contribution in [1.82, 2.24) is 9.80 Å². The number of hydrogen-bond donors (Lipinski definition) is 0. The van der Waals surface area contributed by atoms with Gasteiger partial charge in [0.25, 0.3) is 0 Å². The first-order chi connectivity index (χ1) is 13.4. The van der Waals surface area contributed by atoms with E-state index in [-0.39, 0.29) is 0 Å². The van der Waals surface area contributed by atoms with Crippen molar-refractivity contribution in [2.24, 2.45) is 23.2 Å². The van der Waals surface area contributed by atoms with Gasteiger partial charge in [-0.1, -0.05) is 18.1 Å². The van der Waals surface area contributed by atoms with E-state index in [1.54, 1.807) is 5.57 Å². The lowest BCUT2D eigenvalue weighted by Crippen LogP contribution is -2.50. The first-order valence-electron chi connectivity index (χ1n) is 11.7. The van der Waals surface area contributed by atoms with E-state index in [4.69, 9.17) is 4.74 Å². The molecule has 3 nitrogen and oxygen atoms in total. The van der Waals surface area contributed by atoms with Crippen LogP contribution in [0.25, 0.3) is 0 Å². The van der Waals surface area contributed by atoms with Crippen LogP contribution in [0.2, 0.25) is 0 Å². The smallest absolute Gasteiger partial charge is 0.0959 e. The SMILES string of the molecule is COC1=CCC2=C(CC[C@@H]3[C@@H]2CC[C@]2(C)[C@@H](N(C)CCCN(C)C)CC[C@@H]32)C1. The van der Waals surface area contributed by atoms with Crippen LogP contribution in [0.1, 0.15) is 64.7 Å². The maximum Gasteiger partial charge on any atom is 0.0959 e. The standard InChI is InChI=1S/C25H42N2O/c1-25-14-13-21-20-10-8-19(28-5)17-18(20)7-9-22(21)23(25)11-12-24(25)27(4)16-6-15-26(2)3/h8,21-24H,6-7,9-17H2,1-5H3/t21-,22-,23+,24+,25+/m1/s1. The highest BCUT2D eigenvalue weighted by atomic mass is 16.5. The second-order valence-electron chi connectivity index (χ2n) is 10.6. The van der Waals surface area contributed by atoms with E-state index < -0.39 is 0 Å². The first kappa shape index (κ1) is 20.5. The molecule has 4 rings (SSSR count). The molecule has 0 unspecified atom stereocenters. The summed E-state index contributed by atoms with van der Waals surface area (Å²) < 4.78 is 5.57. The summed E-state index contributed by atoms with van der Waals surface area (Å²) in [6.45, 7) is 5.11. The summed E-state index contributed by atoms with van der Waals surface area (Å²) in [5.74, 6) is 3.96. The second-order valence-corrected chi connectivity index (χ2v) is 10.6. The number of hydrogen-bond acceptors (Lipinski definition) is 3. The molecule has 2 fully saturated rings. The molecule has 0 bridgehead atoms. The summed E-state index contributed by atoms with van der Waals surface area (Å²) >= 11 is 0. The molecule has 0 saturated heterocycles. The molecule has 0 N–H and O–H groups in total. The van der Waals surface area contributed by atoms with Gasteiger partial charge in [0.15, 0.2) is 0 Å². The van der Waals surface area contributed by atoms with Gasteiger partial charge in [-0.25, -0.2) is 0 Å². The number of methoxy groups -OCH3 is 1. The Balaban J connectivity index is 1.45. The first-order valence-corrected chi connectivity index (χ1v) is 11.7. The van der Waals surface area contributed by atoms with Crippen molar-refractivity contribution < 1.29 is 4.74 Å². The van der Waals surface area contributed by atoms with Crippen LogP contribution in [0.3, 0.4) is 0 Å². The zero-order valence-corrected chi connectivity index (χ0v) is 19.0. The Morgan fingerprint density at radius 2 is 1.93 bits per heavy atom. The molecule has 0 aliphatic heterocycles. The van der Waals surface area contributed by atoms with E-state index in [1.807, 2.05) is 12.7 Å². The molecule has 0 heterocycles. The van der Waals surface area contributed by atoms with Gasteiger partial charge >= 0.3 is 0 Å². The Hall–Kier alpha value is -0.800. The normalized spacial score (nSPS) is 37.6. The molecule has 4 aliphatic rings. The monoisotopic (exact) mass is 386 g/mol. The maximum absolute atomic E-state index is 5.57. The zero-order valence-electron chi connectivity index (χ0n) is 19.0. The molecular weight excluding hydrogens is 344 g/mol. The van der Waals surface area contributed by atoms with Crippen LogP contribution in [0.4, 0.5) is 0 Å². The third kappa shape index (κ3) is 3.58. The van der Waals surface area contributed by atoms with Crippen molar-refractivity contribution in [3.05, 3.63) is 23.0 Å². The topological polar surface area (TPSA) is 15.7 Å². The van der Waals surface area contributed by atoms with Gasteiger partial charge in [0.05, 0.1) is 12.9 Å². The highest BCUT2D eigenvalue weighted by Crippen LogP contribution is 2.61. The lowest BCUT2D eigenvalue weighted by atomic mass is 9.54. The molecule has 0 amide bonds. The fourth-order valence-corrected chi connectivity index (χ4v) is 7.53. The Kier molecular flexibility index (Phi) is 5.95. The van der Waals surface area contributed by atoms with Crippen molar-refractivity contribution >= 4 is 0 Å². The number of fused-ring (bicyclic) bond motifs is 4. The average molecular weight is 387 g/mol. The molecule has 3 heteroatoms. The molecule has 2 saturated carbocycles. The molecule has 0 radical (unpaired) electrons. The van der Waals surface area contributed by atoms with E-state index in [1.165, 1.54) is 63.8 Å². The lowest BCUT2D eigenvalue weighted by molar-refractivity contribution is -0.00416. The predicted molar refractivity (Wildman–Crippen MR) is 117 cm³/mol. The molecule has 158 valence electrons. The van der Waals surface area contributed by atoms with E-state index >= 15 is 0 Å². The Bertz CT molecular complexity index is 636. The van der Waals surface area contributed by atoms with E-state index in [9.17, 15) is 0 Å².